The fourth-order valence-corrected chi connectivity index (χ4v) is 4.52. The summed E-state index contributed by atoms with van der Waals surface area (Å²) in [6.07, 6.45) is -3.55. The van der Waals surface area contributed by atoms with Crippen LogP contribution in [-0.4, -0.2) is 56.8 Å². The number of rotatable bonds is 6. The number of esters is 1. The molecule has 3 atom stereocenters. The third-order valence-electron chi connectivity index (χ3n) is 4.22. The molecule has 0 aliphatic carbocycles. The number of urea groups is 1. The number of carbonyl (C=O) groups is 2. The number of nitrogens with zero attached hydrogens (tertiary/aromatic N) is 2. The van der Waals surface area contributed by atoms with Gasteiger partial charge in [0.1, 0.15) is 5.37 Å². The Kier molecular flexibility index (Phi) is 5.24. The number of carbonyl (C=O) groups excluding carboxylic acids is 2. The van der Waals surface area contributed by atoms with E-state index >= 15 is 0 Å². The normalized spacial score (nSPS) is 23.9. The highest BCUT2D eigenvalue weighted by molar-refractivity contribution is 7.85. The Balaban J connectivity index is 1.74. The summed E-state index contributed by atoms with van der Waals surface area (Å²) in [5, 5.41) is -0.120. The summed E-state index contributed by atoms with van der Waals surface area (Å²) < 4.78 is 44.7. The maximum Gasteiger partial charge on any atom is 0.477 e. The molecule has 0 saturated carbocycles. The molecule has 142 valence electrons. The second kappa shape index (κ2) is 7.28. The largest absolute Gasteiger partial charge is 0.477 e. The summed E-state index contributed by atoms with van der Waals surface area (Å²) in [6, 6.07) is 7.17. The predicted octanol–water partition coefficient (Wildman–Crippen LogP) is 2.11. The van der Waals surface area contributed by atoms with Crippen molar-refractivity contribution in [3.05, 3.63) is 30.3 Å². The molecule has 0 spiro atoms. The highest BCUT2D eigenvalue weighted by atomic mass is 32.2. The van der Waals surface area contributed by atoms with Crippen molar-refractivity contribution in [1.82, 2.24) is 9.96 Å². The molecule has 2 aliphatic rings. The number of benzene rings is 1. The van der Waals surface area contributed by atoms with Crippen LogP contribution in [0.4, 0.5) is 13.6 Å². The maximum absolute atomic E-state index is 13.8. The lowest BCUT2D eigenvalue weighted by atomic mass is 10.1. The molecule has 3 rings (SSSR count). The molecule has 1 aromatic rings. The molecule has 0 N–H and O–H groups in total. The Labute approximate surface area is 151 Å². The van der Waals surface area contributed by atoms with Gasteiger partial charge in [-0.3, -0.25) is 4.21 Å². The van der Waals surface area contributed by atoms with Crippen LogP contribution in [0.2, 0.25) is 0 Å². The van der Waals surface area contributed by atoms with Gasteiger partial charge >= 0.3 is 18.1 Å². The molecule has 0 aromatic heterocycles. The van der Waals surface area contributed by atoms with Gasteiger partial charge in [0.25, 0.3) is 0 Å². The number of halogens is 2. The number of alkyl halides is 2. The smallest absolute Gasteiger partial charge is 0.460 e. The second-order valence-corrected chi connectivity index (χ2v) is 7.50. The van der Waals surface area contributed by atoms with E-state index in [0.29, 0.717) is 22.8 Å². The molecule has 10 heteroatoms. The Bertz CT molecular complexity index is 718. The van der Waals surface area contributed by atoms with Gasteiger partial charge < -0.3 is 9.64 Å². The van der Waals surface area contributed by atoms with Gasteiger partial charge in [-0.2, -0.15) is 18.7 Å². The first kappa shape index (κ1) is 18.7. The van der Waals surface area contributed by atoms with Crippen LogP contribution in [0.1, 0.15) is 19.8 Å². The lowest BCUT2D eigenvalue weighted by molar-refractivity contribution is -0.329. The molecule has 2 aliphatic heterocycles. The molecular formula is C16H18F2N2O5S. The van der Waals surface area contributed by atoms with Gasteiger partial charge in [-0.25, -0.2) is 9.59 Å². The van der Waals surface area contributed by atoms with Gasteiger partial charge in [0.05, 0.1) is 23.4 Å². The molecule has 26 heavy (non-hydrogen) atoms. The van der Waals surface area contributed by atoms with Gasteiger partial charge in [-0.15, -0.1) is 0 Å². The summed E-state index contributed by atoms with van der Waals surface area (Å²) in [4.78, 5) is 30.0. The van der Waals surface area contributed by atoms with Crippen molar-refractivity contribution in [3.63, 3.8) is 0 Å². The number of hydroxylamine groups is 2. The maximum atomic E-state index is 13.8. The number of piperidine rings is 1. The Hall–Kier alpha value is -2.07. The van der Waals surface area contributed by atoms with Crippen LogP contribution in [0.15, 0.2) is 35.2 Å². The third-order valence-corrected chi connectivity index (χ3v) is 5.94. The molecule has 1 aromatic carbocycles. The van der Waals surface area contributed by atoms with Crippen LogP contribution >= 0.6 is 0 Å². The predicted molar refractivity (Wildman–Crippen MR) is 86.3 cm³/mol. The summed E-state index contributed by atoms with van der Waals surface area (Å²) >= 11 is 0. The van der Waals surface area contributed by atoms with Crippen molar-refractivity contribution in [2.45, 2.75) is 42.2 Å². The van der Waals surface area contributed by atoms with E-state index < -0.39 is 40.3 Å². The number of hydrogen-bond donors (Lipinski definition) is 0. The average molecular weight is 388 g/mol. The molecule has 7 nitrogen and oxygen atoms in total. The van der Waals surface area contributed by atoms with Crippen LogP contribution < -0.4 is 0 Å². The minimum atomic E-state index is -4.27. The average Bonchev–Trinajstić information content (AvgIpc) is 2.87. The molecule has 2 bridgehead atoms. The van der Waals surface area contributed by atoms with E-state index in [4.69, 9.17) is 0 Å². The minimum absolute atomic E-state index is 0.112. The number of fused-ring (bicyclic) bond motifs is 2. The lowest BCUT2D eigenvalue weighted by Gasteiger charge is -2.29. The molecule has 2 saturated heterocycles. The van der Waals surface area contributed by atoms with E-state index in [1.54, 1.807) is 30.3 Å². The topological polar surface area (TPSA) is 76.2 Å². The van der Waals surface area contributed by atoms with Crippen molar-refractivity contribution < 1.29 is 32.2 Å². The third kappa shape index (κ3) is 3.43. The molecule has 2 amide bonds. The van der Waals surface area contributed by atoms with Crippen molar-refractivity contribution in [2.75, 3.05) is 13.2 Å². The molecule has 1 unspecified atom stereocenters. The monoisotopic (exact) mass is 388 g/mol. The number of hydrogen-bond acceptors (Lipinski definition) is 5. The zero-order chi connectivity index (χ0) is 18.9. The van der Waals surface area contributed by atoms with Gasteiger partial charge in [0, 0.05) is 11.4 Å². The van der Waals surface area contributed by atoms with Crippen LogP contribution in [0, 0.1) is 0 Å². The first-order chi connectivity index (χ1) is 12.3. The summed E-state index contributed by atoms with van der Waals surface area (Å²) in [5.41, 5.74) is 0. The zero-order valence-corrected chi connectivity index (χ0v) is 14.8. The first-order valence-electron chi connectivity index (χ1n) is 8.14. The quantitative estimate of drug-likeness (QED) is 0.698. The van der Waals surface area contributed by atoms with Crippen molar-refractivity contribution in [2.24, 2.45) is 0 Å². The Morgan fingerprint density at radius 1 is 1.31 bits per heavy atom. The van der Waals surface area contributed by atoms with Crippen LogP contribution in [-0.2, 0) is 25.2 Å². The van der Waals surface area contributed by atoms with E-state index in [-0.39, 0.29) is 13.2 Å². The zero-order valence-electron chi connectivity index (χ0n) is 14.0. The summed E-state index contributed by atoms with van der Waals surface area (Å²) in [7, 11) is -1.50. The van der Waals surface area contributed by atoms with Crippen LogP contribution in [0.5, 0.6) is 0 Å². The second-order valence-electron chi connectivity index (χ2n) is 5.89. The van der Waals surface area contributed by atoms with Gasteiger partial charge in [0.2, 0.25) is 0 Å². The highest BCUT2D eigenvalue weighted by Gasteiger charge is 2.54. The van der Waals surface area contributed by atoms with E-state index in [0.717, 1.165) is 0 Å². The molecule has 0 radical (unpaired) electrons. The molecular weight excluding hydrogens is 370 g/mol. The van der Waals surface area contributed by atoms with E-state index in [2.05, 4.69) is 9.57 Å². The van der Waals surface area contributed by atoms with Gasteiger partial charge in [0.15, 0.2) is 0 Å². The highest BCUT2D eigenvalue weighted by Crippen LogP contribution is 2.35. The van der Waals surface area contributed by atoms with E-state index in [1.165, 1.54) is 11.8 Å². The fraction of sp³-hybridized carbons (Fsp3) is 0.500. The summed E-state index contributed by atoms with van der Waals surface area (Å²) in [6.45, 7) is 1.26. The standard InChI is InChI=1S/C16H18F2N2O5S/c1-2-24-14(21)16(17,18)25-20-11-8-9-13(19(10-11)15(20)22)26(23)12-6-4-3-5-7-12/h3-7,11,13H,2,8-10H2,1H3/t11-,13-,26?/m1/s1. The Morgan fingerprint density at radius 3 is 2.65 bits per heavy atom. The van der Waals surface area contributed by atoms with E-state index in [9.17, 15) is 22.6 Å². The molecule has 2 heterocycles. The summed E-state index contributed by atoms with van der Waals surface area (Å²) in [5.74, 6) is -1.85. The van der Waals surface area contributed by atoms with Gasteiger partial charge in [-0.05, 0) is 31.9 Å². The molecule has 2 fully saturated rings. The first-order valence-corrected chi connectivity index (χ1v) is 9.36. The van der Waals surface area contributed by atoms with Crippen LogP contribution in [0.25, 0.3) is 0 Å². The Morgan fingerprint density at radius 2 is 2.00 bits per heavy atom. The number of amides is 2. The van der Waals surface area contributed by atoms with Gasteiger partial charge in [-0.1, -0.05) is 18.2 Å². The minimum Gasteiger partial charge on any atom is -0.460 e. The number of ether oxygens (including phenoxy) is 1. The fourth-order valence-electron chi connectivity index (χ4n) is 3.03. The van der Waals surface area contributed by atoms with Crippen LogP contribution in [0.3, 0.4) is 0 Å². The lowest BCUT2D eigenvalue weighted by Crippen LogP contribution is -2.45. The van der Waals surface area contributed by atoms with E-state index in [1.807, 2.05) is 0 Å². The van der Waals surface area contributed by atoms with Crippen molar-refractivity contribution in [1.29, 1.82) is 0 Å². The SMILES string of the molecule is CCOC(=O)C(F)(F)ON1C(=O)N2C[C@H]1CC[C@H]2S(=O)c1ccccc1. The van der Waals surface area contributed by atoms with Crippen molar-refractivity contribution >= 4 is 22.8 Å². The van der Waals surface area contributed by atoms with Crippen molar-refractivity contribution in [3.8, 4) is 0 Å².